The van der Waals surface area contributed by atoms with Gasteiger partial charge in [0.2, 0.25) is 5.91 Å². The van der Waals surface area contributed by atoms with E-state index in [0.29, 0.717) is 6.29 Å². The summed E-state index contributed by atoms with van der Waals surface area (Å²) in [6.45, 7) is 8.35. The van der Waals surface area contributed by atoms with Gasteiger partial charge in [-0.3, -0.25) is 9.69 Å². The molecule has 5 nitrogen and oxygen atoms in total. The van der Waals surface area contributed by atoms with Crippen LogP contribution in [0.1, 0.15) is 0 Å². The van der Waals surface area contributed by atoms with Gasteiger partial charge in [0.25, 0.3) is 0 Å². The van der Waals surface area contributed by atoms with Crippen LogP contribution >= 0.6 is 0 Å². The van der Waals surface area contributed by atoms with Crippen molar-refractivity contribution in [3.63, 3.8) is 0 Å². The maximum atomic E-state index is 10.2. The molecule has 86 valence electrons. The third-order valence-corrected chi connectivity index (χ3v) is 1.97. The Morgan fingerprint density at radius 2 is 2.13 bits per heavy atom. The molecule has 0 radical (unpaired) electrons. The summed E-state index contributed by atoms with van der Waals surface area (Å²) in [5.74, 6) is -0.322. The minimum Gasteiger partial charge on any atom is -0.346 e. The number of amides is 1. The van der Waals surface area contributed by atoms with E-state index in [4.69, 9.17) is 0 Å². The first-order valence-electron chi connectivity index (χ1n) is 5.04. The van der Waals surface area contributed by atoms with E-state index < -0.39 is 0 Å². The molecule has 0 aromatic carbocycles. The number of piperazine rings is 1. The van der Waals surface area contributed by atoms with Gasteiger partial charge < -0.3 is 15.4 Å². The summed E-state index contributed by atoms with van der Waals surface area (Å²) >= 11 is 0. The van der Waals surface area contributed by atoms with Crippen molar-refractivity contribution in [2.45, 2.75) is 0 Å². The lowest BCUT2D eigenvalue weighted by atomic mass is 10.4. The number of carbonyl (C=O) groups excluding carboxylic acids is 2. The smallest absolute Gasteiger partial charge is 0.243 e. The monoisotopic (exact) mass is 214 g/mol. The van der Waals surface area contributed by atoms with E-state index in [9.17, 15) is 9.59 Å². The predicted octanol–water partition coefficient (Wildman–Crippen LogP) is -2.02. The van der Waals surface area contributed by atoms with Gasteiger partial charge >= 0.3 is 0 Å². The Labute approximate surface area is 90.5 Å². The third-order valence-electron chi connectivity index (χ3n) is 1.97. The topological polar surface area (TPSA) is 66.0 Å². The van der Waals surface area contributed by atoms with Crippen molar-refractivity contribution in [2.24, 2.45) is 0 Å². The van der Waals surface area contributed by atoms with Crippen LogP contribution in [0.5, 0.6) is 0 Å². The van der Waals surface area contributed by atoms with Crippen molar-refractivity contribution in [2.75, 3.05) is 39.8 Å². The first-order chi connectivity index (χ1) is 7.20. The van der Waals surface area contributed by atoms with Crippen molar-refractivity contribution < 1.29 is 14.9 Å². The summed E-state index contributed by atoms with van der Waals surface area (Å²) in [4.78, 5) is 22.1. The summed E-state index contributed by atoms with van der Waals surface area (Å²) in [5, 5.41) is 4.62. The maximum absolute atomic E-state index is 10.2. The van der Waals surface area contributed by atoms with Crippen LogP contribution in [0, 0.1) is 0 Å². The van der Waals surface area contributed by atoms with Crippen molar-refractivity contribution in [1.82, 2.24) is 10.2 Å². The molecule has 1 aliphatic heterocycles. The molecule has 0 aliphatic carbocycles. The van der Waals surface area contributed by atoms with Gasteiger partial charge in [-0.15, -0.1) is 0 Å². The molecule has 1 saturated heterocycles. The number of rotatable bonds is 3. The summed E-state index contributed by atoms with van der Waals surface area (Å²) in [7, 11) is 2.17. The number of likely N-dealkylation sites (N-methyl/N-ethyl adjacent to an activating group) is 1. The van der Waals surface area contributed by atoms with Crippen LogP contribution in [0.2, 0.25) is 0 Å². The van der Waals surface area contributed by atoms with Gasteiger partial charge in [0.05, 0.1) is 19.6 Å². The van der Waals surface area contributed by atoms with E-state index in [1.54, 1.807) is 0 Å². The van der Waals surface area contributed by atoms with Gasteiger partial charge in [-0.05, 0) is 13.1 Å². The molecule has 1 aliphatic rings. The zero-order valence-corrected chi connectivity index (χ0v) is 9.24. The van der Waals surface area contributed by atoms with E-state index in [-0.39, 0.29) is 12.5 Å². The summed E-state index contributed by atoms with van der Waals surface area (Å²) in [5.41, 5.74) is 0. The van der Waals surface area contributed by atoms with Crippen molar-refractivity contribution in [3.05, 3.63) is 12.7 Å². The van der Waals surface area contributed by atoms with Crippen LogP contribution in [0.15, 0.2) is 12.7 Å². The lowest BCUT2D eigenvalue weighted by molar-refractivity contribution is -0.662. The molecule has 0 atom stereocenters. The highest BCUT2D eigenvalue weighted by atomic mass is 16.2. The normalized spacial score (nSPS) is 15.8. The Morgan fingerprint density at radius 3 is 2.47 bits per heavy atom. The standard InChI is InChI=1S/C5H12N2.C5H7NO2/c1-7-4-2-6-3-5-7;1-2-5(8)6-3-4-7/h6H,2-5H2,1H3;2,4H,1,3H2,(H,6,8)/p+1. The number of nitrogens with two attached hydrogens (primary N) is 1. The second-order valence-electron chi connectivity index (χ2n) is 3.29. The molecule has 0 aromatic heterocycles. The first-order valence-corrected chi connectivity index (χ1v) is 5.04. The largest absolute Gasteiger partial charge is 0.346 e. The molecule has 0 spiro atoms. The van der Waals surface area contributed by atoms with Gasteiger partial charge in [-0.2, -0.15) is 0 Å². The van der Waals surface area contributed by atoms with E-state index >= 15 is 0 Å². The van der Waals surface area contributed by atoms with Crippen LogP contribution in [0.25, 0.3) is 0 Å². The fraction of sp³-hybridized carbons (Fsp3) is 0.600. The number of nitrogens with zero attached hydrogens (tertiary/aromatic N) is 1. The number of hydrogen-bond acceptors (Lipinski definition) is 3. The minimum atomic E-state index is -0.322. The second-order valence-corrected chi connectivity index (χ2v) is 3.29. The van der Waals surface area contributed by atoms with Crippen molar-refractivity contribution >= 4 is 12.2 Å². The van der Waals surface area contributed by atoms with Crippen molar-refractivity contribution in [1.29, 1.82) is 0 Å². The maximum Gasteiger partial charge on any atom is 0.243 e. The molecule has 0 saturated carbocycles. The Bertz CT molecular complexity index is 201. The Kier molecular flexibility index (Phi) is 8.61. The fourth-order valence-electron chi connectivity index (χ4n) is 1.09. The van der Waals surface area contributed by atoms with Crippen LogP contribution in [0.3, 0.4) is 0 Å². The summed E-state index contributed by atoms with van der Waals surface area (Å²) < 4.78 is 0. The van der Waals surface area contributed by atoms with Crippen LogP contribution in [-0.4, -0.2) is 56.9 Å². The number of carbonyl (C=O) groups is 2. The van der Waals surface area contributed by atoms with Gasteiger partial charge in [0.15, 0.2) is 0 Å². The number of quaternary nitrogens is 1. The summed E-state index contributed by atoms with van der Waals surface area (Å²) in [6.07, 6.45) is 1.73. The predicted molar refractivity (Wildman–Crippen MR) is 58.4 cm³/mol. The number of aldehydes is 1. The molecule has 1 fully saturated rings. The molecular formula is C10H20N3O2+. The molecule has 15 heavy (non-hydrogen) atoms. The van der Waals surface area contributed by atoms with E-state index in [1.807, 2.05) is 0 Å². The van der Waals surface area contributed by atoms with Crippen LogP contribution in [-0.2, 0) is 9.59 Å². The fourth-order valence-corrected chi connectivity index (χ4v) is 1.09. The average molecular weight is 214 g/mol. The molecule has 0 bridgehead atoms. The highest BCUT2D eigenvalue weighted by Gasteiger charge is 2.04. The highest BCUT2D eigenvalue weighted by Crippen LogP contribution is 1.77. The summed E-state index contributed by atoms with van der Waals surface area (Å²) in [6, 6.07) is 0. The van der Waals surface area contributed by atoms with Crippen molar-refractivity contribution in [3.8, 4) is 0 Å². The number of hydrogen-bond donors (Lipinski definition) is 2. The van der Waals surface area contributed by atoms with Crippen LogP contribution < -0.4 is 10.6 Å². The Morgan fingerprint density at radius 1 is 1.53 bits per heavy atom. The molecule has 1 rings (SSSR count). The van der Waals surface area contributed by atoms with Crippen LogP contribution in [0.4, 0.5) is 0 Å². The SMILES string of the molecule is C=CC(=O)NCC=O.CN1CC[NH2+]CC1. The van der Waals surface area contributed by atoms with Gasteiger partial charge in [0.1, 0.15) is 6.29 Å². The quantitative estimate of drug-likeness (QED) is 0.421. The van der Waals surface area contributed by atoms with E-state index in [1.165, 1.54) is 26.2 Å². The van der Waals surface area contributed by atoms with Gasteiger partial charge in [-0.1, -0.05) is 6.58 Å². The average Bonchev–Trinajstić information content (AvgIpc) is 2.28. The van der Waals surface area contributed by atoms with Gasteiger partial charge in [0, 0.05) is 13.1 Å². The zero-order valence-electron chi connectivity index (χ0n) is 9.24. The lowest BCUT2D eigenvalue weighted by Gasteiger charge is -2.19. The molecule has 1 heterocycles. The molecule has 5 heteroatoms. The lowest BCUT2D eigenvalue weighted by Crippen LogP contribution is -2.89. The molecular weight excluding hydrogens is 194 g/mol. The first kappa shape index (κ1) is 13.8. The highest BCUT2D eigenvalue weighted by molar-refractivity contribution is 5.88. The third kappa shape index (κ3) is 9.11. The molecule has 3 N–H and O–H groups in total. The van der Waals surface area contributed by atoms with Gasteiger partial charge in [-0.25, -0.2) is 0 Å². The van der Waals surface area contributed by atoms with E-state index in [0.717, 1.165) is 6.08 Å². The zero-order chi connectivity index (χ0) is 11.5. The molecule has 0 aromatic rings. The molecule has 1 amide bonds. The van der Waals surface area contributed by atoms with E-state index in [2.05, 4.69) is 29.2 Å². The number of nitrogens with one attached hydrogen (secondary N) is 1. The molecule has 0 unspecified atom stereocenters. The Hall–Kier alpha value is -1.20. The second kappa shape index (κ2) is 9.36. The minimum absolute atomic E-state index is 0.0604. The Balaban J connectivity index is 0.000000262.